The average Bonchev–Trinajstić information content (AvgIpc) is 2.93. The van der Waals surface area contributed by atoms with Gasteiger partial charge in [0.1, 0.15) is 0 Å². The number of benzene rings is 2. The Labute approximate surface area is 130 Å². The lowest BCUT2D eigenvalue weighted by molar-refractivity contribution is 1.14. The Morgan fingerprint density at radius 3 is 2.38 bits per heavy atom. The van der Waals surface area contributed by atoms with Gasteiger partial charge in [-0.25, -0.2) is 0 Å². The van der Waals surface area contributed by atoms with Crippen molar-refractivity contribution < 1.29 is 0 Å². The van der Waals surface area contributed by atoms with Crippen LogP contribution in [0.5, 0.6) is 0 Å². The van der Waals surface area contributed by atoms with Crippen molar-refractivity contribution in [2.75, 3.05) is 5.32 Å². The smallest absolute Gasteiger partial charge is 0.0494 e. The minimum Gasteiger partial charge on any atom is -0.380 e. The molecule has 106 valence electrons. The van der Waals surface area contributed by atoms with E-state index in [4.69, 9.17) is 0 Å². The van der Waals surface area contributed by atoms with Crippen LogP contribution in [0.25, 0.3) is 0 Å². The van der Waals surface area contributed by atoms with Crippen molar-refractivity contribution in [1.82, 2.24) is 0 Å². The molecule has 0 unspecified atom stereocenters. The molecule has 0 atom stereocenters. The molecule has 3 rings (SSSR count). The van der Waals surface area contributed by atoms with Gasteiger partial charge in [-0.05, 0) is 42.7 Å². The highest BCUT2D eigenvalue weighted by molar-refractivity contribution is 7.11. The second-order valence-corrected chi connectivity index (χ2v) is 6.56. The third kappa shape index (κ3) is 3.73. The molecule has 0 radical (unpaired) electrons. The lowest BCUT2D eigenvalue weighted by Crippen LogP contribution is -2.01. The highest BCUT2D eigenvalue weighted by Crippen LogP contribution is 2.21. The largest absolute Gasteiger partial charge is 0.380 e. The normalized spacial score (nSPS) is 10.5. The Morgan fingerprint density at radius 2 is 1.62 bits per heavy atom. The minimum atomic E-state index is 0.893. The van der Waals surface area contributed by atoms with Crippen molar-refractivity contribution in [2.45, 2.75) is 19.9 Å². The van der Waals surface area contributed by atoms with Gasteiger partial charge < -0.3 is 5.32 Å². The van der Waals surface area contributed by atoms with Crippen LogP contribution >= 0.6 is 11.3 Å². The maximum atomic E-state index is 3.57. The van der Waals surface area contributed by atoms with Crippen LogP contribution < -0.4 is 5.32 Å². The lowest BCUT2D eigenvalue weighted by atomic mass is 10.0. The van der Waals surface area contributed by atoms with Gasteiger partial charge in [0.25, 0.3) is 0 Å². The molecule has 0 saturated carbocycles. The van der Waals surface area contributed by atoms with Crippen molar-refractivity contribution >= 4 is 17.0 Å². The summed E-state index contributed by atoms with van der Waals surface area (Å²) in [5.74, 6) is 0. The first-order chi connectivity index (χ1) is 10.3. The number of para-hydroxylation sites is 1. The standard InChI is InChI=1S/C19H19NS/c1-15-11-12-18(21-15)14-20-19-10-6-5-9-17(19)13-16-7-3-2-4-8-16/h2-12,20H,13-14H2,1H3. The predicted molar refractivity (Wildman–Crippen MR) is 92.1 cm³/mol. The van der Waals surface area contributed by atoms with Crippen molar-refractivity contribution in [3.05, 3.63) is 87.6 Å². The summed E-state index contributed by atoms with van der Waals surface area (Å²) in [6.45, 7) is 3.04. The van der Waals surface area contributed by atoms with E-state index in [0.717, 1.165) is 13.0 Å². The zero-order valence-corrected chi connectivity index (χ0v) is 13.0. The molecule has 21 heavy (non-hydrogen) atoms. The summed E-state index contributed by atoms with van der Waals surface area (Å²) in [7, 11) is 0. The van der Waals surface area contributed by atoms with Crippen LogP contribution in [0.15, 0.2) is 66.7 Å². The molecule has 0 fully saturated rings. The molecule has 0 spiro atoms. The van der Waals surface area contributed by atoms with Gasteiger partial charge in [0.15, 0.2) is 0 Å². The predicted octanol–water partition coefficient (Wildman–Crippen LogP) is 5.26. The van der Waals surface area contributed by atoms with Crippen molar-refractivity contribution in [3.8, 4) is 0 Å². The zero-order chi connectivity index (χ0) is 14.5. The molecule has 1 heterocycles. The van der Waals surface area contributed by atoms with Crippen LogP contribution in [-0.4, -0.2) is 0 Å². The molecular formula is C19H19NS. The number of nitrogens with one attached hydrogen (secondary N) is 1. The van der Waals surface area contributed by atoms with E-state index in [-0.39, 0.29) is 0 Å². The van der Waals surface area contributed by atoms with Gasteiger partial charge in [-0.3, -0.25) is 0 Å². The fourth-order valence-corrected chi connectivity index (χ4v) is 3.26. The molecular weight excluding hydrogens is 274 g/mol. The molecule has 1 nitrogen and oxygen atoms in total. The van der Waals surface area contributed by atoms with Crippen molar-refractivity contribution in [2.24, 2.45) is 0 Å². The summed E-state index contributed by atoms with van der Waals surface area (Å²) in [5, 5.41) is 3.57. The Balaban J connectivity index is 1.73. The average molecular weight is 293 g/mol. The number of aryl methyl sites for hydroxylation is 1. The van der Waals surface area contributed by atoms with Gasteiger partial charge in [0.05, 0.1) is 0 Å². The summed E-state index contributed by atoms with van der Waals surface area (Å²) >= 11 is 1.85. The summed E-state index contributed by atoms with van der Waals surface area (Å²) < 4.78 is 0. The van der Waals surface area contributed by atoms with Gasteiger partial charge in [-0.1, -0.05) is 48.5 Å². The second-order valence-electron chi connectivity index (χ2n) is 5.19. The van der Waals surface area contributed by atoms with E-state index < -0.39 is 0 Å². The molecule has 2 aromatic carbocycles. The van der Waals surface area contributed by atoms with Crippen LogP contribution in [0.1, 0.15) is 20.9 Å². The van der Waals surface area contributed by atoms with Gasteiger partial charge in [-0.2, -0.15) is 0 Å². The van der Waals surface area contributed by atoms with Crippen LogP contribution in [0.4, 0.5) is 5.69 Å². The van der Waals surface area contributed by atoms with Gasteiger partial charge in [-0.15, -0.1) is 11.3 Å². The maximum absolute atomic E-state index is 3.57. The van der Waals surface area contributed by atoms with E-state index in [1.165, 1.54) is 26.6 Å². The number of hydrogen-bond acceptors (Lipinski definition) is 2. The fraction of sp³-hybridized carbons (Fsp3) is 0.158. The molecule has 0 aliphatic heterocycles. The van der Waals surface area contributed by atoms with Gasteiger partial charge in [0, 0.05) is 22.0 Å². The SMILES string of the molecule is Cc1ccc(CNc2ccccc2Cc2ccccc2)s1. The van der Waals surface area contributed by atoms with E-state index in [0.29, 0.717) is 0 Å². The van der Waals surface area contributed by atoms with Crippen LogP contribution in [0.3, 0.4) is 0 Å². The third-order valence-corrected chi connectivity index (χ3v) is 4.50. The number of anilines is 1. The summed E-state index contributed by atoms with van der Waals surface area (Å²) in [5.41, 5.74) is 3.92. The van der Waals surface area contributed by atoms with Crippen LogP contribution in [0, 0.1) is 6.92 Å². The first kappa shape index (κ1) is 13.9. The zero-order valence-electron chi connectivity index (χ0n) is 12.2. The first-order valence-corrected chi connectivity index (χ1v) is 8.04. The van der Waals surface area contributed by atoms with E-state index in [9.17, 15) is 0 Å². The number of thiophene rings is 1. The van der Waals surface area contributed by atoms with E-state index >= 15 is 0 Å². The number of rotatable bonds is 5. The van der Waals surface area contributed by atoms with E-state index in [1.807, 2.05) is 11.3 Å². The molecule has 0 aliphatic carbocycles. The van der Waals surface area contributed by atoms with E-state index in [2.05, 4.69) is 79.0 Å². The Kier molecular flexibility index (Phi) is 4.37. The molecule has 0 saturated heterocycles. The Hall–Kier alpha value is -2.06. The van der Waals surface area contributed by atoms with Crippen molar-refractivity contribution in [1.29, 1.82) is 0 Å². The molecule has 0 aliphatic rings. The molecule has 3 aromatic rings. The van der Waals surface area contributed by atoms with Gasteiger partial charge >= 0.3 is 0 Å². The summed E-state index contributed by atoms with van der Waals surface area (Å²) in [6.07, 6.45) is 0.966. The van der Waals surface area contributed by atoms with Gasteiger partial charge in [0.2, 0.25) is 0 Å². The molecule has 0 amide bonds. The fourth-order valence-electron chi connectivity index (χ4n) is 2.43. The second kappa shape index (κ2) is 6.59. The minimum absolute atomic E-state index is 0.893. The monoisotopic (exact) mass is 293 g/mol. The summed E-state index contributed by atoms with van der Waals surface area (Å²) in [6, 6.07) is 23.6. The van der Waals surface area contributed by atoms with E-state index in [1.54, 1.807) is 0 Å². The maximum Gasteiger partial charge on any atom is 0.0494 e. The first-order valence-electron chi connectivity index (χ1n) is 7.22. The lowest BCUT2D eigenvalue weighted by Gasteiger charge is -2.11. The molecule has 1 aromatic heterocycles. The quantitative estimate of drug-likeness (QED) is 0.676. The molecule has 0 bridgehead atoms. The highest BCUT2D eigenvalue weighted by Gasteiger charge is 2.03. The highest BCUT2D eigenvalue weighted by atomic mass is 32.1. The van der Waals surface area contributed by atoms with Crippen LogP contribution in [0.2, 0.25) is 0 Å². The molecule has 1 N–H and O–H groups in total. The van der Waals surface area contributed by atoms with Crippen LogP contribution in [-0.2, 0) is 13.0 Å². The van der Waals surface area contributed by atoms with Crippen molar-refractivity contribution in [3.63, 3.8) is 0 Å². The molecule has 2 heteroatoms. The number of hydrogen-bond donors (Lipinski definition) is 1. The Bertz CT molecular complexity index is 700. The third-order valence-electron chi connectivity index (χ3n) is 3.50. The Morgan fingerprint density at radius 1 is 0.857 bits per heavy atom. The summed E-state index contributed by atoms with van der Waals surface area (Å²) in [4.78, 5) is 2.74. The topological polar surface area (TPSA) is 12.0 Å².